The molecule has 0 aliphatic heterocycles. The molecule has 1 heterocycles. The summed E-state index contributed by atoms with van der Waals surface area (Å²) >= 11 is 5.74. The van der Waals surface area contributed by atoms with Gasteiger partial charge in [0.1, 0.15) is 6.54 Å². The van der Waals surface area contributed by atoms with Gasteiger partial charge in [0.05, 0.1) is 23.1 Å². The standard InChI is InChI=1S/C12H12ClN5O3/c13-7-1-2-10(9(3-7)12(20)21)15-11(19)6-18-5-8(4-14)16-17-18/h1-3,5H,4,6,14H2,(H,15,19)(H,20,21). The Kier molecular flexibility index (Phi) is 4.51. The second-order valence-corrected chi connectivity index (χ2v) is 4.59. The van der Waals surface area contributed by atoms with Crippen LogP contribution in [0.2, 0.25) is 5.02 Å². The number of nitrogens with two attached hydrogens (primary N) is 1. The minimum atomic E-state index is -1.18. The molecule has 2 rings (SSSR count). The number of nitrogens with zero attached hydrogens (tertiary/aromatic N) is 3. The van der Waals surface area contributed by atoms with Crippen molar-refractivity contribution in [2.45, 2.75) is 13.1 Å². The Labute approximate surface area is 124 Å². The average Bonchev–Trinajstić information content (AvgIpc) is 2.88. The Hall–Kier alpha value is -2.45. The zero-order valence-corrected chi connectivity index (χ0v) is 11.5. The lowest BCUT2D eigenvalue weighted by molar-refractivity contribution is -0.116. The topological polar surface area (TPSA) is 123 Å². The number of anilines is 1. The van der Waals surface area contributed by atoms with Crippen LogP contribution in [0.4, 0.5) is 5.69 Å². The molecule has 0 aliphatic rings. The van der Waals surface area contributed by atoms with E-state index in [-0.39, 0.29) is 29.4 Å². The highest BCUT2D eigenvalue weighted by Crippen LogP contribution is 2.20. The first-order chi connectivity index (χ1) is 9.99. The molecule has 2 aromatic rings. The largest absolute Gasteiger partial charge is 0.478 e. The van der Waals surface area contributed by atoms with Crippen LogP contribution in [0.3, 0.4) is 0 Å². The van der Waals surface area contributed by atoms with Gasteiger partial charge in [-0.05, 0) is 18.2 Å². The zero-order valence-electron chi connectivity index (χ0n) is 10.8. The average molecular weight is 310 g/mol. The lowest BCUT2D eigenvalue weighted by Crippen LogP contribution is -2.20. The fraction of sp³-hybridized carbons (Fsp3) is 0.167. The maximum absolute atomic E-state index is 11.9. The zero-order chi connectivity index (χ0) is 15.4. The van der Waals surface area contributed by atoms with E-state index in [1.807, 2.05) is 0 Å². The summed E-state index contributed by atoms with van der Waals surface area (Å²) in [5, 5.41) is 19.3. The van der Waals surface area contributed by atoms with Crippen molar-refractivity contribution in [3.05, 3.63) is 40.7 Å². The first-order valence-corrected chi connectivity index (χ1v) is 6.29. The summed E-state index contributed by atoms with van der Waals surface area (Å²) in [4.78, 5) is 23.0. The highest BCUT2D eigenvalue weighted by molar-refractivity contribution is 6.31. The van der Waals surface area contributed by atoms with E-state index in [9.17, 15) is 9.59 Å². The van der Waals surface area contributed by atoms with E-state index < -0.39 is 11.9 Å². The van der Waals surface area contributed by atoms with Gasteiger partial charge in [0.25, 0.3) is 0 Å². The van der Waals surface area contributed by atoms with Crippen LogP contribution in [0, 0.1) is 0 Å². The molecule has 8 nitrogen and oxygen atoms in total. The fourth-order valence-corrected chi connectivity index (χ4v) is 1.82. The first-order valence-electron chi connectivity index (χ1n) is 5.91. The molecular formula is C12H12ClN5O3. The smallest absolute Gasteiger partial charge is 0.337 e. The third-order valence-corrected chi connectivity index (χ3v) is 2.82. The van der Waals surface area contributed by atoms with E-state index in [0.717, 1.165) is 0 Å². The number of nitrogens with one attached hydrogen (secondary N) is 1. The molecule has 0 saturated heterocycles. The third kappa shape index (κ3) is 3.77. The summed E-state index contributed by atoms with van der Waals surface area (Å²) in [5.74, 6) is -1.62. The van der Waals surface area contributed by atoms with Crippen LogP contribution in [0.15, 0.2) is 24.4 Å². The lowest BCUT2D eigenvalue weighted by Gasteiger charge is -2.08. The van der Waals surface area contributed by atoms with E-state index in [4.69, 9.17) is 22.4 Å². The molecule has 21 heavy (non-hydrogen) atoms. The van der Waals surface area contributed by atoms with E-state index in [1.54, 1.807) is 6.20 Å². The van der Waals surface area contributed by atoms with Crippen LogP contribution < -0.4 is 11.1 Å². The van der Waals surface area contributed by atoms with Crippen LogP contribution in [-0.4, -0.2) is 32.0 Å². The van der Waals surface area contributed by atoms with Crippen molar-refractivity contribution in [2.75, 3.05) is 5.32 Å². The minimum Gasteiger partial charge on any atom is -0.478 e. The predicted molar refractivity (Wildman–Crippen MR) is 75.0 cm³/mol. The number of carbonyl (C=O) groups is 2. The van der Waals surface area contributed by atoms with Crippen LogP contribution in [0.25, 0.3) is 0 Å². The molecule has 1 aromatic carbocycles. The van der Waals surface area contributed by atoms with E-state index in [2.05, 4.69) is 15.6 Å². The highest BCUT2D eigenvalue weighted by Gasteiger charge is 2.14. The fourth-order valence-electron chi connectivity index (χ4n) is 1.65. The van der Waals surface area contributed by atoms with Crippen LogP contribution >= 0.6 is 11.6 Å². The van der Waals surface area contributed by atoms with Gasteiger partial charge >= 0.3 is 5.97 Å². The Bertz CT molecular complexity index is 685. The van der Waals surface area contributed by atoms with Crippen molar-refractivity contribution in [3.63, 3.8) is 0 Å². The molecule has 0 saturated carbocycles. The van der Waals surface area contributed by atoms with Gasteiger partial charge in [-0.15, -0.1) is 5.10 Å². The molecule has 0 radical (unpaired) electrons. The van der Waals surface area contributed by atoms with Gasteiger partial charge in [-0.25, -0.2) is 9.48 Å². The van der Waals surface area contributed by atoms with Crippen LogP contribution in [0.1, 0.15) is 16.1 Å². The molecule has 0 spiro atoms. The van der Waals surface area contributed by atoms with Gasteiger partial charge in [-0.2, -0.15) is 0 Å². The van der Waals surface area contributed by atoms with Crippen molar-refractivity contribution in [1.82, 2.24) is 15.0 Å². The van der Waals surface area contributed by atoms with Crippen LogP contribution in [0.5, 0.6) is 0 Å². The first kappa shape index (κ1) is 14.9. The summed E-state index contributed by atoms with van der Waals surface area (Å²) in [6.07, 6.45) is 1.54. The Morgan fingerprint density at radius 3 is 2.81 bits per heavy atom. The third-order valence-electron chi connectivity index (χ3n) is 2.59. The SMILES string of the molecule is NCc1cn(CC(=O)Nc2ccc(Cl)cc2C(=O)O)nn1. The second kappa shape index (κ2) is 6.33. The van der Waals surface area contributed by atoms with Crippen LogP contribution in [-0.2, 0) is 17.9 Å². The molecule has 110 valence electrons. The summed E-state index contributed by atoms with van der Waals surface area (Å²) in [5.41, 5.74) is 6.02. The monoisotopic (exact) mass is 309 g/mol. The lowest BCUT2D eigenvalue weighted by atomic mass is 10.2. The number of halogens is 1. The van der Waals surface area contributed by atoms with Gasteiger partial charge in [0.2, 0.25) is 5.91 Å². The molecule has 0 aliphatic carbocycles. The molecule has 0 bridgehead atoms. The van der Waals surface area contributed by atoms with Crippen molar-refractivity contribution in [3.8, 4) is 0 Å². The molecule has 0 atom stereocenters. The normalized spacial score (nSPS) is 10.4. The van der Waals surface area contributed by atoms with E-state index in [0.29, 0.717) is 5.69 Å². The summed E-state index contributed by atoms with van der Waals surface area (Å²) in [7, 11) is 0. The number of rotatable bonds is 5. The number of hydrogen-bond donors (Lipinski definition) is 3. The van der Waals surface area contributed by atoms with Crippen molar-refractivity contribution >= 4 is 29.2 Å². The second-order valence-electron chi connectivity index (χ2n) is 4.15. The number of amides is 1. The van der Waals surface area contributed by atoms with Gasteiger partial charge in [-0.1, -0.05) is 16.8 Å². The summed E-state index contributed by atoms with van der Waals surface area (Å²) in [6, 6.07) is 4.18. The number of carboxylic acid groups (broad SMARTS) is 1. The summed E-state index contributed by atoms with van der Waals surface area (Å²) < 4.78 is 1.31. The number of aromatic carboxylic acids is 1. The van der Waals surface area contributed by atoms with E-state index in [1.165, 1.54) is 22.9 Å². The Morgan fingerprint density at radius 2 is 2.19 bits per heavy atom. The Morgan fingerprint density at radius 1 is 1.43 bits per heavy atom. The van der Waals surface area contributed by atoms with Gasteiger partial charge in [0, 0.05) is 11.6 Å². The van der Waals surface area contributed by atoms with E-state index >= 15 is 0 Å². The predicted octanol–water partition coefficient (Wildman–Crippen LogP) is 0.727. The van der Waals surface area contributed by atoms with Crippen molar-refractivity contribution < 1.29 is 14.7 Å². The molecule has 0 unspecified atom stereocenters. The number of benzene rings is 1. The minimum absolute atomic E-state index is 0.0860. The van der Waals surface area contributed by atoms with Crippen molar-refractivity contribution in [2.24, 2.45) is 5.73 Å². The highest BCUT2D eigenvalue weighted by atomic mass is 35.5. The molecule has 4 N–H and O–H groups in total. The number of carbonyl (C=O) groups excluding carboxylic acids is 1. The quantitative estimate of drug-likeness (QED) is 0.748. The van der Waals surface area contributed by atoms with Gasteiger partial charge in [-0.3, -0.25) is 4.79 Å². The maximum atomic E-state index is 11.9. The van der Waals surface area contributed by atoms with Crippen molar-refractivity contribution in [1.29, 1.82) is 0 Å². The summed E-state index contributed by atoms with van der Waals surface area (Å²) in [6.45, 7) is 0.122. The van der Waals surface area contributed by atoms with Gasteiger partial charge in [0.15, 0.2) is 0 Å². The number of hydrogen-bond acceptors (Lipinski definition) is 5. The maximum Gasteiger partial charge on any atom is 0.337 e. The molecule has 1 aromatic heterocycles. The molecular weight excluding hydrogens is 298 g/mol. The number of carboxylic acids is 1. The molecule has 0 fully saturated rings. The number of aromatic nitrogens is 3. The molecule has 1 amide bonds. The Balaban J connectivity index is 2.10. The van der Waals surface area contributed by atoms with Gasteiger partial charge < -0.3 is 16.2 Å². The molecule has 9 heteroatoms.